The molecular weight excluding hydrogens is 178 g/mol. The van der Waals surface area contributed by atoms with Crippen molar-refractivity contribution >= 4 is 5.91 Å². The number of carbonyl (C=O) groups is 1. The summed E-state index contributed by atoms with van der Waals surface area (Å²) in [6, 6.07) is 0. The van der Waals surface area contributed by atoms with Crippen molar-refractivity contribution in [2.75, 3.05) is 13.2 Å². The highest BCUT2D eigenvalue weighted by atomic mass is 16.5. The third-order valence-electron chi connectivity index (χ3n) is 1.96. The van der Waals surface area contributed by atoms with Crippen molar-refractivity contribution < 1.29 is 9.53 Å². The van der Waals surface area contributed by atoms with E-state index in [0.717, 1.165) is 25.9 Å². The number of amides is 1. The zero-order chi connectivity index (χ0) is 10.8. The van der Waals surface area contributed by atoms with Crippen LogP contribution in [-0.2, 0) is 9.53 Å². The summed E-state index contributed by atoms with van der Waals surface area (Å²) in [5.41, 5.74) is 0. The Morgan fingerprint density at radius 3 is 2.50 bits per heavy atom. The summed E-state index contributed by atoms with van der Waals surface area (Å²) >= 11 is 0. The van der Waals surface area contributed by atoms with Crippen LogP contribution in [0, 0.1) is 0 Å². The van der Waals surface area contributed by atoms with Gasteiger partial charge in [0.15, 0.2) is 0 Å². The van der Waals surface area contributed by atoms with Crippen molar-refractivity contribution in [2.24, 2.45) is 0 Å². The molecule has 0 bridgehead atoms. The van der Waals surface area contributed by atoms with E-state index >= 15 is 0 Å². The van der Waals surface area contributed by atoms with E-state index in [1.807, 2.05) is 6.92 Å². The van der Waals surface area contributed by atoms with Gasteiger partial charge < -0.3 is 10.1 Å². The van der Waals surface area contributed by atoms with Crippen LogP contribution in [0.25, 0.3) is 0 Å². The lowest BCUT2D eigenvalue weighted by Gasteiger charge is -2.16. The van der Waals surface area contributed by atoms with E-state index in [9.17, 15) is 4.79 Å². The fraction of sp³-hybridized carbons (Fsp3) is 0.909. The van der Waals surface area contributed by atoms with Gasteiger partial charge in [0.05, 0.1) is 12.5 Å². The minimum atomic E-state index is 0.0991. The van der Waals surface area contributed by atoms with Gasteiger partial charge in [-0.25, -0.2) is 0 Å². The fourth-order valence-electron chi connectivity index (χ4n) is 1.33. The van der Waals surface area contributed by atoms with Crippen LogP contribution in [0.1, 0.15) is 46.5 Å². The second kappa shape index (κ2) is 9.00. The standard InChI is InChI=1S/C11H23NO2/c1-4-7-10(14-8-5-2)9-11(13)12-6-3/h10H,4-9H2,1-3H3,(H,12,13). The molecule has 0 aromatic heterocycles. The van der Waals surface area contributed by atoms with Crippen LogP contribution in [0.3, 0.4) is 0 Å². The normalized spacial score (nSPS) is 12.5. The van der Waals surface area contributed by atoms with E-state index < -0.39 is 0 Å². The molecule has 0 saturated heterocycles. The molecule has 14 heavy (non-hydrogen) atoms. The molecule has 1 unspecified atom stereocenters. The van der Waals surface area contributed by atoms with Gasteiger partial charge in [-0.1, -0.05) is 20.3 Å². The topological polar surface area (TPSA) is 38.3 Å². The van der Waals surface area contributed by atoms with E-state index in [-0.39, 0.29) is 12.0 Å². The van der Waals surface area contributed by atoms with Gasteiger partial charge in [0.1, 0.15) is 0 Å². The highest BCUT2D eigenvalue weighted by Gasteiger charge is 2.12. The lowest BCUT2D eigenvalue weighted by molar-refractivity contribution is -0.124. The summed E-state index contributed by atoms with van der Waals surface area (Å²) in [5, 5.41) is 2.79. The Kier molecular flexibility index (Phi) is 8.64. The summed E-state index contributed by atoms with van der Waals surface area (Å²) in [7, 11) is 0. The van der Waals surface area contributed by atoms with Gasteiger partial charge in [0.2, 0.25) is 5.91 Å². The Balaban J connectivity index is 3.75. The van der Waals surface area contributed by atoms with Crippen LogP contribution >= 0.6 is 0 Å². The second-order valence-electron chi connectivity index (χ2n) is 3.44. The summed E-state index contributed by atoms with van der Waals surface area (Å²) in [5.74, 6) is 0.0991. The van der Waals surface area contributed by atoms with Crippen LogP contribution in [0.2, 0.25) is 0 Å². The molecule has 0 aliphatic rings. The molecular formula is C11H23NO2. The average molecular weight is 201 g/mol. The number of hydrogen-bond acceptors (Lipinski definition) is 2. The van der Waals surface area contributed by atoms with E-state index in [4.69, 9.17) is 4.74 Å². The van der Waals surface area contributed by atoms with E-state index in [1.54, 1.807) is 0 Å². The molecule has 1 amide bonds. The molecule has 0 aliphatic heterocycles. The Labute approximate surface area is 87.2 Å². The highest BCUT2D eigenvalue weighted by molar-refractivity contribution is 5.76. The first-order valence-electron chi connectivity index (χ1n) is 5.62. The minimum absolute atomic E-state index is 0.0991. The van der Waals surface area contributed by atoms with Crippen molar-refractivity contribution in [2.45, 2.75) is 52.6 Å². The predicted octanol–water partition coefficient (Wildman–Crippen LogP) is 2.11. The van der Waals surface area contributed by atoms with Crippen LogP contribution in [-0.4, -0.2) is 25.2 Å². The quantitative estimate of drug-likeness (QED) is 0.653. The summed E-state index contributed by atoms with van der Waals surface area (Å²) in [6.07, 6.45) is 3.65. The Hall–Kier alpha value is -0.570. The Morgan fingerprint density at radius 2 is 2.00 bits per heavy atom. The molecule has 1 atom stereocenters. The van der Waals surface area contributed by atoms with Gasteiger partial charge in [-0.2, -0.15) is 0 Å². The van der Waals surface area contributed by atoms with Crippen molar-refractivity contribution in [3.8, 4) is 0 Å². The average Bonchev–Trinajstić information content (AvgIpc) is 2.15. The van der Waals surface area contributed by atoms with E-state index in [0.29, 0.717) is 13.0 Å². The lowest BCUT2D eigenvalue weighted by atomic mass is 10.1. The van der Waals surface area contributed by atoms with Gasteiger partial charge >= 0.3 is 0 Å². The molecule has 1 N–H and O–H groups in total. The van der Waals surface area contributed by atoms with Crippen molar-refractivity contribution in [1.29, 1.82) is 0 Å². The van der Waals surface area contributed by atoms with Crippen LogP contribution in [0.4, 0.5) is 0 Å². The summed E-state index contributed by atoms with van der Waals surface area (Å²) in [6.45, 7) is 7.57. The summed E-state index contributed by atoms with van der Waals surface area (Å²) < 4.78 is 5.59. The van der Waals surface area contributed by atoms with E-state index in [1.165, 1.54) is 0 Å². The van der Waals surface area contributed by atoms with Gasteiger partial charge in [-0.05, 0) is 19.8 Å². The molecule has 0 spiro atoms. The maximum absolute atomic E-state index is 11.3. The largest absolute Gasteiger partial charge is 0.378 e. The minimum Gasteiger partial charge on any atom is -0.378 e. The van der Waals surface area contributed by atoms with Gasteiger partial charge in [0.25, 0.3) is 0 Å². The number of hydrogen-bond donors (Lipinski definition) is 1. The molecule has 0 aliphatic carbocycles. The summed E-state index contributed by atoms with van der Waals surface area (Å²) in [4.78, 5) is 11.3. The number of ether oxygens (including phenoxy) is 1. The third kappa shape index (κ3) is 6.89. The highest BCUT2D eigenvalue weighted by Crippen LogP contribution is 2.07. The second-order valence-corrected chi connectivity index (χ2v) is 3.44. The molecule has 0 saturated carbocycles. The molecule has 0 aromatic carbocycles. The smallest absolute Gasteiger partial charge is 0.222 e. The zero-order valence-electron chi connectivity index (χ0n) is 9.64. The van der Waals surface area contributed by atoms with Gasteiger partial charge in [0, 0.05) is 13.2 Å². The van der Waals surface area contributed by atoms with Crippen LogP contribution < -0.4 is 5.32 Å². The van der Waals surface area contributed by atoms with Crippen molar-refractivity contribution in [3.63, 3.8) is 0 Å². The van der Waals surface area contributed by atoms with E-state index in [2.05, 4.69) is 19.2 Å². The Morgan fingerprint density at radius 1 is 1.29 bits per heavy atom. The molecule has 0 aromatic rings. The fourth-order valence-corrected chi connectivity index (χ4v) is 1.33. The first-order chi connectivity index (χ1) is 6.74. The van der Waals surface area contributed by atoms with Crippen LogP contribution in [0.15, 0.2) is 0 Å². The molecule has 0 fully saturated rings. The molecule has 0 radical (unpaired) electrons. The first kappa shape index (κ1) is 13.4. The van der Waals surface area contributed by atoms with Crippen molar-refractivity contribution in [3.05, 3.63) is 0 Å². The van der Waals surface area contributed by atoms with Crippen LogP contribution in [0.5, 0.6) is 0 Å². The Bertz CT molecular complexity index is 148. The number of nitrogens with one attached hydrogen (secondary N) is 1. The zero-order valence-corrected chi connectivity index (χ0v) is 9.64. The monoisotopic (exact) mass is 201 g/mol. The first-order valence-corrected chi connectivity index (χ1v) is 5.62. The van der Waals surface area contributed by atoms with Gasteiger partial charge in [-0.3, -0.25) is 4.79 Å². The number of carbonyl (C=O) groups excluding carboxylic acids is 1. The third-order valence-corrected chi connectivity index (χ3v) is 1.96. The molecule has 3 heteroatoms. The maximum Gasteiger partial charge on any atom is 0.222 e. The molecule has 0 heterocycles. The molecule has 3 nitrogen and oxygen atoms in total. The van der Waals surface area contributed by atoms with Gasteiger partial charge in [-0.15, -0.1) is 0 Å². The maximum atomic E-state index is 11.3. The molecule has 0 rings (SSSR count). The SMILES string of the molecule is CCCOC(CCC)CC(=O)NCC. The lowest BCUT2D eigenvalue weighted by Crippen LogP contribution is -2.28. The number of rotatable bonds is 8. The van der Waals surface area contributed by atoms with Crippen molar-refractivity contribution in [1.82, 2.24) is 5.32 Å². The predicted molar refractivity (Wildman–Crippen MR) is 58.2 cm³/mol. The molecule has 84 valence electrons.